The lowest BCUT2D eigenvalue weighted by molar-refractivity contribution is -0.124. The van der Waals surface area contributed by atoms with Crippen molar-refractivity contribution in [2.75, 3.05) is 6.61 Å². The van der Waals surface area contributed by atoms with Crippen molar-refractivity contribution in [2.24, 2.45) is 0 Å². The Morgan fingerprint density at radius 3 is 2.71 bits per heavy atom. The summed E-state index contributed by atoms with van der Waals surface area (Å²) in [6, 6.07) is 6.13. The molecule has 0 heterocycles. The molecule has 1 rings (SSSR count). The molecule has 1 aromatic rings. The molecule has 0 unspecified atom stereocenters. The van der Waals surface area contributed by atoms with E-state index < -0.39 is 0 Å². The number of aryl methyl sites for hydroxylation is 2. The van der Waals surface area contributed by atoms with Gasteiger partial charge in [0.2, 0.25) is 0 Å². The quantitative estimate of drug-likeness (QED) is 0.765. The van der Waals surface area contributed by atoms with E-state index in [1.54, 1.807) is 0 Å². The van der Waals surface area contributed by atoms with Gasteiger partial charge in [-0.2, -0.15) is 0 Å². The van der Waals surface area contributed by atoms with Gasteiger partial charge in [-0.25, -0.2) is 5.43 Å². The van der Waals surface area contributed by atoms with E-state index in [4.69, 9.17) is 4.74 Å². The van der Waals surface area contributed by atoms with Crippen LogP contribution in [-0.4, -0.2) is 18.6 Å². The first-order valence-electron chi connectivity index (χ1n) is 5.73. The molecule has 94 valence electrons. The summed E-state index contributed by atoms with van der Waals surface area (Å²) in [6.45, 7) is 7.87. The van der Waals surface area contributed by atoms with Crippen molar-refractivity contribution in [3.8, 4) is 5.75 Å². The molecule has 4 heteroatoms. The highest BCUT2D eigenvalue weighted by atomic mass is 16.5. The first kappa shape index (κ1) is 13.5. The van der Waals surface area contributed by atoms with Crippen LogP contribution in [0.25, 0.3) is 0 Å². The fourth-order valence-corrected chi connectivity index (χ4v) is 1.27. The molecule has 0 aliphatic rings. The van der Waals surface area contributed by atoms with Gasteiger partial charge in [-0.3, -0.25) is 10.2 Å². The number of rotatable bonds is 5. The summed E-state index contributed by atoms with van der Waals surface area (Å²) in [5.41, 5.74) is 7.55. The minimum absolute atomic E-state index is 0.0179. The zero-order valence-corrected chi connectivity index (χ0v) is 10.8. The standard InChI is InChI=1S/C13H20N2O2/c1-9(2)14-15-13(16)8-17-12-7-10(3)5-6-11(12)4/h5-7,9,14H,8H2,1-4H3,(H,15,16). The third-order valence-corrected chi connectivity index (χ3v) is 2.20. The number of amides is 1. The molecule has 4 nitrogen and oxygen atoms in total. The average molecular weight is 236 g/mol. The highest BCUT2D eigenvalue weighted by Gasteiger charge is 2.05. The molecule has 1 amide bonds. The van der Waals surface area contributed by atoms with Crippen LogP contribution in [0.15, 0.2) is 18.2 Å². The lowest BCUT2D eigenvalue weighted by Crippen LogP contribution is -2.43. The smallest absolute Gasteiger partial charge is 0.271 e. The maximum Gasteiger partial charge on any atom is 0.271 e. The Hall–Kier alpha value is -1.55. The molecule has 0 aromatic heterocycles. The van der Waals surface area contributed by atoms with Crippen LogP contribution in [0.1, 0.15) is 25.0 Å². The van der Waals surface area contributed by atoms with Crippen molar-refractivity contribution in [3.63, 3.8) is 0 Å². The average Bonchev–Trinajstić information content (AvgIpc) is 2.27. The molecule has 0 saturated heterocycles. The molecule has 17 heavy (non-hydrogen) atoms. The first-order valence-corrected chi connectivity index (χ1v) is 5.73. The number of benzene rings is 1. The Labute approximate surface area is 102 Å². The van der Waals surface area contributed by atoms with Gasteiger partial charge in [-0.1, -0.05) is 12.1 Å². The van der Waals surface area contributed by atoms with Crippen molar-refractivity contribution in [1.29, 1.82) is 0 Å². The Morgan fingerprint density at radius 2 is 2.06 bits per heavy atom. The molecule has 0 radical (unpaired) electrons. The molecule has 1 aromatic carbocycles. The zero-order chi connectivity index (χ0) is 12.8. The number of hydrazine groups is 1. The maximum atomic E-state index is 11.4. The highest BCUT2D eigenvalue weighted by Crippen LogP contribution is 2.18. The van der Waals surface area contributed by atoms with E-state index in [1.807, 2.05) is 45.9 Å². The van der Waals surface area contributed by atoms with Crippen molar-refractivity contribution >= 4 is 5.91 Å². The molecule has 0 aliphatic heterocycles. The van der Waals surface area contributed by atoms with E-state index in [1.165, 1.54) is 0 Å². The van der Waals surface area contributed by atoms with Crippen LogP contribution in [0.3, 0.4) is 0 Å². The largest absolute Gasteiger partial charge is 0.483 e. The summed E-state index contributed by atoms with van der Waals surface area (Å²) in [4.78, 5) is 11.4. The van der Waals surface area contributed by atoms with Gasteiger partial charge in [0.15, 0.2) is 6.61 Å². The van der Waals surface area contributed by atoms with Crippen LogP contribution in [0.5, 0.6) is 5.75 Å². The number of carbonyl (C=O) groups is 1. The second kappa shape index (κ2) is 6.25. The van der Waals surface area contributed by atoms with Gasteiger partial charge in [-0.05, 0) is 44.9 Å². The fraction of sp³-hybridized carbons (Fsp3) is 0.462. The van der Waals surface area contributed by atoms with E-state index in [9.17, 15) is 4.79 Å². The fourth-order valence-electron chi connectivity index (χ4n) is 1.27. The van der Waals surface area contributed by atoms with Crippen LogP contribution >= 0.6 is 0 Å². The zero-order valence-electron chi connectivity index (χ0n) is 10.8. The predicted octanol–water partition coefficient (Wildman–Crippen LogP) is 1.71. The lowest BCUT2D eigenvalue weighted by Gasteiger charge is -2.12. The van der Waals surface area contributed by atoms with Crippen LogP contribution in [0.4, 0.5) is 0 Å². The summed E-state index contributed by atoms with van der Waals surface area (Å²) >= 11 is 0. The third-order valence-electron chi connectivity index (χ3n) is 2.20. The molecule has 0 aliphatic carbocycles. The molecule has 0 bridgehead atoms. The molecule has 0 atom stereocenters. The number of nitrogens with one attached hydrogen (secondary N) is 2. The van der Waals surface area contributed by atoms with E-state index in [-0.39, 0.29) is 18.6 Å². The second-order valence-electron chi connectivity index (χ2n) is 4.40. The van der Waals surface area contributed by atoms with Gasteiger partial charge in [-0.15, -0.1) is 0 Å². The first-order chi connectivity index (χ1) is 7.99. The summed E-state index contributed by atoms with van der Waals surface area (Å²) in [6.07, 6.45) is 0. The number of carbonyl (C=O) groups excluding carboxylic acids is 1. The number of ether oxygens (including phenoxy) is 1. The molecular weight excluding hydrogens is 216 g/mol. The molecule has 2 N–H and O–H groups in total. The Morgan fingerprint density at radius 1 is 1.35 bits per heavy atom. The second-order valence-corrected chi connectivity index (χ2v) is 4.40. The minimum Gasteiger partial charge on any atom is -0.483 e. The Balaban J connectivity index is 2.44. The predicted molar refractivity (Wildman–Crippen MR) is 67.8 cm³/mol. The molecule has 0 spiro atoms. The van der Waals surface area contributed by atoms with Gasteiger partial charge < -0.3 is 4.74 Å². The summed E-state index contributed by atoms with van der Waals surface area (Å²) in [5.74, 6) is 0.573. The Kier molecular flexibility index (Phi) is 4.97. The van der Waals surface area contributed by atoms with E-state index in [0.717, 1.165) is 16.9 Å². The van der Waals surface area contributed by atoms with Crippen LogP contribution < -0.4 is 15.6 Å². The summed E-state index contributed by atoms with van der Waals surface area (Å²) in [7, 11) is 0. The van der Waals surface area contributed by atoms with Gasteiger partial charge >= 0.3 is 0 Å². The van der Waals surface area contributed by atoms with Crippen molar-refractivity contribution in [3.05, 3.63) is 29.3 Å². The monoisotopic (exact) mass is 236 g/mol. The summed E-state index contributed by atoms with van der Waals surface area (Å²) < 4.78 is 5.46. The maximum absolute atomic E-state index is 11.4. The SMILES string of the molecule is Cc1ccc(C)c(OCC(=O)NNC(C)C)c1. The van der Waals surface area contributed by atoms with Gasteiger partial charge in [0, 0.05) is 6.04 Å². The minimum atomic E-state index is -0.181. The van der Waals surface area contributed by atoms with E-state index in [0.29, 0.717) is 0 Å². The van der Waals surface area contributed by atoms with Crippen LogP contribution in [0.2, 0.25) is 0 Å². The van der Waals surface area contributed by atoms with Crippen molar-refractivity contribution in [1.82, 2.24) is 10.9 Å². The van der Waals surface area contributed by atoms with Gasteiger partial charge in [0.05, 0.1) is 0 Å². The summed E-state index contributed by atoms with van der Waals surface area (Å²) in [5, 5.41) is 0. The molecular formula is C13H20N2O2. The normalized spacial score (nSPS) is 10.4. The number of hydrogen-bond acceptors (Lipinski definition) is 3. The van der Waals surface area contributed by atoms with Crippen molar-refractivity contribution in [2.45, 2.75) is 33.7 Å². The molecule has 0 fully saturated rings. The van der Waals surface area contributed by atoms with Gasteiger partial charge in [0.25, 0.3) is 5.91 Å². The third kappa shape index (κ3) is 4.87. The van der Waals surface area contributed by atoms with E-state index in [2.05, 4.69) is 10.9 Å². The Bertz CT molecular complexity index is 389. The highest BCUT2D eigenvalue weighted by molar-refractivity contribution is 5.77. The van der Waals surface area contributed by atoms with Crippen LogP contribution in [-0.2, 0) is 4.79 Å². The van der Waals surface area contributed by atoms with E-state index >= 15 is 0 Å². The van der Waals surface area contributed by atoms with Crippen LogP contribution in [0, 0.1) is 13.8 Å². The topological polar surface area (TPSA) is 50.4 Å². The molecule has 0 saturated carbocycles. The van der Waals surface area contributed by atoms with Gasteiger partial charge in [0.1, 0.15) is 5.75 Å². The van der Waals surface area contributed by atoms with Crippen molar-refractivity contribution < 1.29 is 9.53 Å². The lowest BCUT2D eigenvalue weighted by atomic mass is 10.1. The number of hydrogen-bond donors (Lipinski definition) is 2.